The van der Waals surface area contributed by atoms with Crippen LogP contribution in [0.25, 0.3) is 21.8 Å². The number of carboxylic acid groups (broad SMARTS) is 1. The molecule has 0 bridgehead atoms. The lowest BCUT2D eigenvalue weighted by Gasteiger charge is -2.36. The molecule has 0 radical (unpaired) electrons. The zero-order chi connectivity index (χ0) is 94.7. The van der Waals surface area contributed by atoms with Crippen molar-refractivity contribution in [2.75, 3.05) is 65.4 Å². The number of para-hydroxylation sites is 2. The molecular weight excluding hydrogens is 1710 g/mol. The van der Waals surface area contributed by atoms with Crippen LogP contribution in [0.4, 0.5) is 0 Å². The van der Waals surface area contributed by atoms with Gasteiger partial charge in [0.2, 0.25) is 94.5 Å². The number of fused-ring (bicyclic) bond motifs is 4. The van der Waals surface area contributed by atoms with Gasteiger partial charge < -0.3 is 125 Å². The number of H-pyrrole nitrogens is 3. The summed E-state index contributed by atoms with van der Waals surface area (Å²) in [5.74, 6) is -17.8. The molecular formula is C87H119N21O21S. The molecule has 0 aliphatic carbocycles. The Kier molecular flexibility index (Phi) is 37.1. The van der Waals surface area contributed by atoms with E-state index in [1.807, 2.05) is 13.8 Å². The monoisotopic (exact) mass is 1830 g/mol. The molecule has 3 aromatic heterocycles. The molecule has 6 heterocycles. The zero-order valence-electron chi connectivity index (χ0n) is 73.6. The Bertz CT molecular complexity index is 5030. The Hall–Kier alpha value is -13.0. The topological polar surface area (TPSA) is 620 Å². The first-order chi connectivity index (χ1) is 62.0. The van der Waals surface area contributed by atoms with E-state index in [4.69, 9.17) is 11.5 Å². The summed E-state index contributed by atoms with van der Waals surface area (Å²) in [7, 11) is 3.89. The fourth-order valence-corrected chi connectivity index (χ4v) is 16.8. The number of phenols is 1. The number of hydrogen-bond acceptors (Lipinski definition) is 23. The van der Waals surface area contributed by atoms with Crippen LogP contribution in [0.3, 0.4) is 0 Å². The minimum Gasteiger partial charge on any atom is -0.508 e. The lowest BCUT2D eigenvalue weighted by atomic mass is 10.00. The number of nitrogens with two attached hydrogens (primary N) is 2. The second-order valence-corrected chi connectivity index (χ2v) is 33.9. The van der Waals surface area contributed by atoms with Gasteiger partial charge in [0.15, 0.2) is 0 Å². The standard InChI is InChI=1S/C87H119N21O21S/c1-8-10-23-67-80(122)95-47(3)74(116)103-66(76(118)93-41-71(89)112)44-130-45-72(113)96-62(32-49-26-28-53(110)29-27-49)83(125)104(5)48(4)75(117)100-64(37-73(114)115)86(128)107-31-17-25-68(107)81(123)99-61(35-52-40-90-46-94-52)78(120)97-59(22-16-30-88)85(127)108-42-54(111)36-70(108)82(124)98-60(33-50-38-91-57-20-14-12-18-55(50)57)77(119)102-65(43-109)79(121)101-63(34-51-39-92-58-21-15-13-19-56(51)58)84(126)106(7)69(24-11-9-2)87(129)105(67)6/h12-15,18-21,26-29,38-40,46-48,54,59-70,91-92,109-111H,8-11,16-17,22-25,30-37,41-45,88H2,1-7H3,(H2,89,112)(H,90,94)(H,93,118)(H,95,122)(H,96,113)(H,97,120)(H,98,124)(H,99,123)(H,100,117)(H,101,121)(H,102,119)(H,103,116)(H,114,115)/t47-,48-,54+,59-,60-,61-,62-,63-,64-,65-,66-,67-,68-,69-,70-/m0/s1. The van der Waals surface area contributed by atoms with Crippen LogP contribution in [0.2, 0.25) is 0 Å². The number of nitrogens with zero attached hydrogens (tertiary/aromatic N) is 6. The molecule has 3 aromatic carbocycles. The summed E-state index contributed by atoms with van der Waals surface area (Å²) in [6, 6.07) is -2.34. The Morgan fingerprint density at radius 2 is 1.10 bits per heavy atom. The number of nitrogens with one attached hydrogen (secondary N) is 13. The molecule has 16 amide bonds. The minimum atomic E-state index is -1.90. The molecule has 0 spiro atoms. The quantitative estimate of drug-likeness (QED) is 0.0306. The lowest BCUT2D eigenvalue weighted by Crippen LogP contribution is -2.61. The fourth-order valence-electron chi connectivity index (χ4n) is 16.0. The average molecular weight is 1830 g/mol. The number of aromatic amines is 3. The Morgan fingerprint density at radius 1 is 0.554 bits per heavy atom. The van der Waals surface area contributed by atoms with Gasteiger partial charge in [0.25, 0.3) is 0 Å². The summed E-state index contributed by atoms with van der Waals surface area (Å²) in [4.78, 5) is 266. The molecule has 3 fully saturated rings. The number of amides is 16. The molecule has 3 saturated heterocycles. The van der Waals surface area contributed by atoms with Crippen molar-refractivity contribution >= 4 is 134 Å². The van der Waals surface area contributed by atoms with Crippen molar-refractivity contribution in [3.8, 4) is 5.75 Å². The molecule has 0 unspecified atom stereocenters. The van der Waals surface area contributed by atoms with Gasteiger partial charge in [0.1, 0.15) is 90.3 Å². The summed E-state index contributed by atoms with van der Waals surface area (Å²) < 4.78 is 0. The number of phenolic OH excluding ortho intramolecular Hbond substituents is 1. The van der Waals surface area contributed by atoms with E-state index in [-0.39, 0.29) is 83.0 Å². The molecule has 704 valence electrons. The van der Waals surface area contributed by atoms with Gasteiger partial charge >= 0.3 is 5.97 Å². The first kappa shape index (κ1) is 101. The summed E-state index contributed by atoms with van der Waals surface area (Å²) in [6.07, 6.45) is 3.61. The highest BCUT2D eigenvalue weighted by molar-refractivity contribution is 8.00. The van der Waals surface area contributed by atoms with Gasteiger partial charge in [-0.2, -0.15) is 0 Å². The summed E-state index contributed by atoms with van der Waals surface area (Å²) in [6.45, 7) is 3.74. The SMILES string of the molecule is CCCC[C@H]1C(=O)N(C)[C@@H](CCCC)C(=O)N[C@@H](C)C(=O)N[C@H](C(=O)NCC(N)=O)CSCC(=O)N[C@@H](Cc2ccc(O)cc2)C(=O)N(C)[C@@H](C)C(=O)N[C@@H](CC(=O)O)C(=O)N2CCC[C@H]2C(=O)N[C@@H](Cc2cnc[nH]2)C(=O)N[C@@H](CCCN)C(=O)N2C[C@H](O)C[C@H]2C(=O)N[C@@H](Cc2c[nH]c3ccccc23)C(=O)N[C@@H](CO)C(=O)N[C@@H](Cc2c[nH]c3ccccc23)C(=O)N1C. The van der Waals surface area contributed by atoms with E-state index in [1.54, 1.807) is 60.9 Å². The fraction of sp³-hybridized carbons (Fsp3) is 0.517. The highest BCUT2D eigenvalue weighted by Gasteiger charge is 2.47. The van der Waals surface area contributed by atoms with Crippen LogP contribution in [-0.4, -0.2) is 321 Å². The van der Waals surface area contributed by atoms with Crippen LogP contribution in [0.5, 0.6) is 5.75 Å². The summed E-state index contributed by atoms with van der Waals surface area (Å²) in [5, 5.41) is 70.2. The van der Waals surface area contributed by atoms with E-state index in [0.717, 1.165) is 36.3 Å². The van der Waals surface area contributed by atoms with Gasteiger partial charge in [-0.15, -0.1) is 11.8 Å². The Morgan fingerprint density at radius 3 is 1.70 bits per heavy atom. The van der Waals surface area contributed by atoms with E-state index in [0.29, 0.717) is 69.9 Å². The zero-order valence-corrected chi connectivity index (χ0v) is 74.5. The second kappa shape index (κ2) is 47.9. The largest absolute Gasteiger partial charge is 0.508 e. The first-order valence-corrected chi connectivity index (χ1v) is 44.5. The van der Waals surface area contributed by atoms with Crippen molar-refractivity contribution in [3.63, 3.8) is 0 Å². The van der Waals surface area contributed by atoms with Crippen molar-refractivity contribution in [3.05, 3.63) is 120 Å². The molecule has 3 aliphatic rings. The predicted molar refractivity (Wildman–Crippen MR) is 474 cm³/mol. The smallest absolute Gasteiger partial charge is 0.305 e. The van der Waals surface area contributed by atoms with E-state index >= 15 is 33.6 Å². The number of benzene rings is 3. The van der Waals surface area contributed by atoms with Crippen LogP contribution >= 0.6 is 11.8 Å². The number of carbonyl (C=O) groups is 17. The summed E-state index contributed by atoms with van der Waals surface area (Å²) >= 11 is 0.770. The van der Waals surface area contributed by atoms with Crippen LogP contribution < -0.4 is 64.6 Å². The Labute approximate surface area is 753 Å². The van der Waals surface area contributed by atoms with Gasteiger partial charge in [-0.05, 0) is 99.9 Å². The predicted octanol–water partition coefficient (Wildman–Crippen LogP) is -2.88. The van der Waals surface area contributed by atoms with Crippen LogP contribution in [-0.2, 0) is 107 Å². The molecule has 0 saturated carbocycles. The number of aliphatic hydroxyl groups excluding tert-OH is 2. The number of aromatic nitrogens is 4. The number of thioether (sulfide) groups is 1. The lowest BCUT2D eigenvalue weighted by molar-refractivity contribution is -0.149. The van der Waals surface area contributed by atoms with E-state index in [1.165, 1.54) is 71.8 Å². The maximum absolute atomic E-state index is 15.6. The molecule has 130 heavy (non-hydrogen) atoms. The van der Waals surface area contributed by atoms with Crippen molar-refractivity contribution < 1.29 is 102 Å². The third-order valence-corrected chi connectivity index (χ3v) is 24.5. The third kappa shape index (κ3) is 27.0. The van der Waals surface area contributed by atoms with E-state index < -0.39 is 235 Å². The third-order valence-electron chi connectivity index (χ3n) is 23.4. The number of aliphatic hydroxyl groups is 2. The van der Waals surface area contributed by atoms with Crippen molar-refractivity contribution in [1.82, 2.24) is 97.6 Å². The number of imidazole rings is 1. The number of primary amides is 1. The van der Waals surface area contributed by atoms with Gasteiger partial charge in [0, 0.05) is 118 Å². The summed E-state index contributed by atoms with van der Waals surface area (Å²) in [5.41, 5.74) is 14.3. The highest BCUT2D eigenvalue weighted by Crippen LogP contribution is 2.28. The normalized spacial score (nSPS) is 25.3. The molecule has 6 aromatic rings. The molecule has 9 rings (SSSR count). The maximum Gasteiger partial charge on any atom is 0.305 e. The minimum absolute atomic E-state index is 0.0126. The molecule has 21 N–H and O–H groups in total. The average Bonchev–Trinajstić information content (AvgIpc) is 1.76. The molecule has 42 nitrogen and oxygen atoms in total. The Balaban J connectivity index is 1.08. The van der Waals surface area contributed by atoms with Crippen LogP contribution in [0.15, 0.2) is 97.7 Å². The van der Waals surface area contributed by atoms with Crippen LogP contribution in [0.1, 0.15) is 127 Å². The van der Waals surface area contributed by atoms with Crippen molar-refractivity contribution in [2.24, 2.45) is 11.5 Å². The first-order valence-electron chi connectivity index (χ1n) is 43.4. The number of aliphatic carboxylic acids is 1. The highest BCUT2D eigenvalue weighted by atomic mass is 32.2. The number of unbranched alkanes of at least 4 members (excludes halogenated alkanes) is 2. The van der Waals surface area contributed by atoms with E-state index in [2.05, 4.69) is 73.1 Å². The van der Waals surface area contributed by atoms with Gasteiger partial charge in [0.05, 0.1) is 37.8 Å². The van der Waals surface area contributed by atoms with Gasteiger partial charge in [-0.3, -0.25) is 81.5 Å². The number of carbonyl (C=O) groups excluding carboxylic acids is 16. The number of hydrogen-bond donors (Lipinski definition) is 19. The maximum atomic E-state index is 15.6. The number of carboxylic acids is 1. The number of rotatable bonds is 23. The molecule has 3 aliphatic heterocycles. The number of likely N-dealkylation sites (N-methyl/N-ethyl adjacent to an activating group) is 3. The van der Waals surface area contributed by atoms with Crippen molar-refractivity contribution in [1.29, 1.82) is 0 Å². The van der Waals surface area contributed by atoms with Crippen LogP contribution in [0, 0.1) is 0 Å². The van der Waals surface area contributed by atoms with Crippen molar-refractivity contribution in [2.45, 2.75) is 221 Å². The van der Waals surface area contributed by atoms with E-state index in [9.17, 15) is 68.4 Å². The van der Waals surface area contributed by atoms with Gasteiger partial charge in [-0.1, -0.05) is 88.1 Å². The second-order valence-electron chi connectivity index (χ2n) is 32.9. The molecule has 43 heteroatoms. The number of aromatic hydroxyl groups is 1. The molecule has 15 atom stereocenters. The van der Waals surface area contributed by atoms with Gasteiger partial charge in [-0.25, -0.2) is 4.98 Å².